The Bertz CT molecular complexity index is 837. The molecule has 1 atom stereocenters. The summed E-state index contributed by atoms with van der Waals surface area (Å²) in [5.74, 6) is 1.79. The van der Waals surface area contributed by atoms with E-state index in [0.717, 1.165) is 30.6 Å². The van der Waals surface area contributed by atoms with Crippen LogP contribution in [0.25, 0.3) is 0 Å². The fraction of sp³-hybridized carbons (Fsp3) is 0.500. The molecule has 6 heteroatoms. The highest BCUT2D eigenvalue weighted by Crippen LogP contribution is 2.43. The van der Waals surface area contributed by atoms with Crippen molar-refractivity contribution in [2.75, 3.05) is 20.1 Å². The number of aryl methyl sites for hydroxylation is 2. The lowest BCUT2D eigenvalue weighted by molar-refractivity contribution is 0.188. The van der Waals surface area contributed by atoms with Crippen LogP contribution in [0.15, 0.2) is 41.5 Å². The van der Waals surface area contributed by atoms with E-state index in [-0.39, 0.29) is 29.4 Å². The van der Waals surface area contributed by atoms with Gasteiger partial charge in [0.2, 0.25) is 0 Å². The minimum atomic E-state index is 0. The Balaban J connectivity index is 0.00000225. The minimum absolute atomic E-state index is 0. The van der Waals surface area contributed by atoms with E-state index >= 15 is 0 Å². The summed E-state index contributed by atoms with van der Waals surface area (Å²) in [5.41, 5.74) is 4.39. The molecule has 1 aromatic carbocycles. The van der Waals surface area contributed by atoms with E-state index in [1.807, 2.05) is 26.2 Å². The fourth-order valence-electron chi connectivity index (χ4n) is 4.85. The molecule has 2 aliphatic rings. The number of hydrogen-bond acceptors (Lipinski definition) is 3. The molecule has 1 N–H and O–H groups in total. The number of hydrogen-bond donors (Lipinski definition) is 1. The average Bonchev–Trinajstić information content (AvgIpc) is 2.69. The molecule has 1 aliphatic carbocycles. The summed E-state index contributed by atoms with van der Waals surface area (Å²) in [5, 5.41) is 3.51. The maximum absolute atomic E-state index is 4.57. The van der Waals surface area contributed by atoms with Crippen molar-refractivity contribution in [3.05, 3.63) is 59.2 Å². The Labute approximate surface area is 185 Å². The molecule has 2 aromatic rings. The van der Waals surface area contributed by atoms with Crippen LogP contribution < -0.4 is 5.32 Å². The summed E-state index contributed by atoms with van der Waals surface area (Å²) >= 11 is 0. The number of halogens is 1. The first-order valence-corrected chi connectivity index (χ1v) is 10.0. The van der Waals surface area contributed by atoms with E-state index in [1.54, 1.807) is 11.1 Å². The Morgan fingerprint density at radius 3 is 2.86 bits per heavy atom. The number of piperidine rings is 1. The van der Waals surface area contributed by atoms with E-state index < -0.39 is 0 Å². The molecule has 1 spiro atoms. The van der Waals surface area contributed by atoms with Gasteiger partial charge in [0.15, 0.2) is 5.96 Å². The van der Waals surface area contributed by atoms with Crippen LogP contribution in [-0.2, 0) is 18.4 Å². The standard InChI is InChI=1S/C22H29N5.HI/c1-17-24-13-10-19(26-17)15-25-21(23-2)27-14-6-12-22(16-27)11-5-8-18-7-3-4-9-20(18)22;/h3-4,7,9-10,13H,5-6,8,11-12,14-16H2,1-2H3,(H,23,25);1H. The largest absolute Gasteiger partial charge is 0.351 e. The second kappa shape index (κ2) is 9.20. The van der Waals surface area contributed by atoms with Gasteiger partial charge in [-0.15, -0.1) is 24.0 Å². The van der Waals surface area contributed by atoms with Crippen molar-refractivity contribution in [3.63, 3.8) is 0 Å². The van der Waals surface area contributed by atoms with Crippen molar-refractivity contribution in [2.24, 2.45) is 4.99 Å². The highest BCUT2D eigenvalue weighted by molar-refractivity contribution is 14.0. The van der Waals surface area contributed by atoms with Crippen molar-refractivity contribution >= 4 is 29.9 Å². The zero-order chi connectivity index (χ0) is 18.7. The van der Waals surface area contributed by atoms with Gasteiger partial charge in [0.1, 0.15) is 5.82 Å². The molecule has 150 valence electrons. The molecule has 0 bridgehead atoms. The second-order valence-electron chi connectivity index (χ2n) is 7.81. The van der Waals surface area contributed by atoms with Crippen molar-refractivity contribution in [3.8, 4) is 0 Å². The molecule has 28 heavy (non-hydrogen) atoms. The molecular formula is C22H30IN5. The third-order valence-electron chi connectivity index (χ3n) is 6.04. The number of nitrogens with zero attached hydrogens (tertiary/aromatic N) is 4. The van der Waals surface area contributed by atoms with E-state index in [2.05, 4.69) is 49.4 Å². The Hall–Kier alpha value is -1.70. The van der Waals surface area contributed by atoms with Gasteiger partial charge in [0.05, 0.1) is 12.2 Å². The van der Waals surface area contributed by atoms with Gasteiger partial charge in [-0.2, -0.15) is 0 Å². The number of aliphatic imine (C=N–C) groups is 1. The molecule has 2 heterocycles. The zero-order valence-electron chi connectivity index (χ0n) is 16.8. The van der Waals surface area contributed by atoms with E-state index in [4.69, 9.17) is 0 Å². The van der Waals surface area contributed by atoms with Gasteiger partial charge < -0.3 is 10.2 Å². The Morgan fingerprint density at radius 2 is 2.04 bits per heavy atom. The van der Waals surface area contributed by atoms with Gasteiger partial charge >= 0.3 is 0 Å². The van der Waals surface area contributed by atoms with Gasteiger partial charge in [-0.3, -0.25) is 4.99 Å². The molecule has 4 rings (SSSR count). The van der Waals surface area contributed by atoms with Gasteiger partial charge in [-0.05, 0) is 56.2 Å². The van der Waals surface area contributed by atoms with Gasteiger partial charge in [0.25, 0.3) is 0 Å². The van der Waals surface area contributed by atoms with Crippen LogP contribution in [0.4, 0.5) is 0 Å². The first-order chi connectivity index (χ1) is 13.2. The summed E-state index contributed by atoms with van der Waals surface area (Å²) < 4.78 is 0. The summed E-state index contributed by atoms with van der Waals surface area (Å²) in [6.07, 6.45) is 8.10. The van der Waals surface area contributed by atoms with Crippen LogP contribution in [0.3, 0.4) is 0 Å². The first-order valence-electron chi connectivity index (χ1n) is 10.0. The van der Waals surface area contributed by atoms with Crippen LogP contribution in [0, 0.1) is 6.92 Å². The topological polar surface area (TPSA) is 53.4 Å². The number of rotatable bonds is 2. The van der Waals surface area contributed by atoms with Crippen LogP contribution in [0.5, 0.6) is 0 Å². The van der Waals surface area contributed by atoms with Crippen LogP contribution in [0.2, 0.25) is 0 Å². The van der Waals surface area contributed by atoms with Crippen molar-refractivity contribution in [1.82, 2.24) is 20.2 Å². The molecule has 0 radical (unpaired) electrons. The summed E-state index contributed by atoms with van der Waals surface area (Å²) in [7, 11) is 1.88. The number of aromatic nitrogens is 2. The molecule has 1 saturated heterocycles. The van der Waals surface area contributed by atoms with Crippen LogP contribution in [-0.4, -0.2) is 41.0 Å². The highest BCUT2D eigenvalue weighted by Gasteiger charge is 2.40. The number of guanidine groups is 1. The molecule has 5 nitrogen and oxygen atoms in total. The summed E-state index contributed by atoms with van der Waals surface area (Å²) in [6.45, 7) is 4.71. The lowest BCUT2D eigenvalue weighted by atomic mass is 9.66. The molecular weight excluding hydrogens is 461 g/mol. The van der Waals surface area contributed by atoms with Crippen LogP contribution in [0.1, 0.15) is 48.3 Å². The number of nitrogens with one attached hydrogen (secondary N) is 1. The number of likely N-dealkylation sites (tertiary alicyclic amines) is 1. The lowest BCUT2D eigenvalue weighted by Crippen LogP contribution is -2.53. The van der Waals surface area contributed by atoms with Crippen molar-refractivity contribution in [1.29, 1.82) is 0 Å². The fourth-order valence-corrected chi connectivity index (χ4v) is 4.85. The first kappa shape index (κ1) is 21.0. The van der Waals surface area contributed by atoms with E-state index in [0.29, 0.717) is 6.54 Å². The molecule has 1 aromatic heterocycles. The average molecular weight is 491 g/mol. The third-order valence-corrected chi connectivity index (χ3v) is 6.04. The van der Waals surface area contributed by atoms with Crippen molar-refractivity contribution in [2.45, 2.75) is 51.0 Å². The lowest BCUT2D eigenvalue weighted by Gasteiger charge is -2.47. The predicted octanol–water partition coefficient (Wildman–Crippen LogP) is 3.85. The van der Waals surface area contributed by atoms with Gasteiger partial charge in [0, 0.05) is 31.7 Å². The van der Waals surface area contributed by atoms with Gasteiger partial charge in [-0.1, -0.05) is 24.3 Å². The number of fused-ring (bicyclic) bond motifs is 2. The van der Waals surface area contributed by atoms with E-state index in [9.17, 15) is 0 Å². The zero-order valence-corrected chi connectivity index (χ0v) is 19.1. The molecule has 1 aliphatic heterocycles. The quantitative estimate of drug-likeness (QED) is 0.394. The van der Waals surface area contributed by atoms with Crippen LogP contribution >= 0.6 is 24.0 Å². The number of benzene rings is 1. The molecule has 1 fully saturated rings. The SMILES string of the molecule is CN=C(NCc1ccnc(C)n1)N1CCCC2(CCCc3ccccc32)C1.I. The normalized spacial score (nSPS) is 21.8. The highest BCUT2D eigenvalue weighted by atomic mass is 127. The molecule has 1 unspecified atom stereocenters. The molecule has 0 saturated carbocycles. The van der Waals surface area contributed by atoms with E-state index in [1.165, 1.54) is 32.1 Å². The monoisotopic (exact) mass is 491 g/mol. The third kappa shape index (κ3) is 4.31. The predicted molar refractivity (Wildman–Crippen MR) is 124 cm³/mol. The summed E-state index contributed by atoms with van der Waals surface area (Å²) in [4.78, 5) is 15.7. The smallest absolute Gasteiger partial charge is 0.193 e. The Kier molecular flexibility index (Phi) is 6.91. The Morgan fingerprint density at radius 1 is 1.21 bits per heavy atom. The maximum Gasteiger partial charge on any atom is 0.193 e. The van der Waals surface area contributed by atoms with Crippen molar-refractivity contribution < 1.29 is 0 Å². The second-order valence-corrected chi connectivity index (χ2v) is 7.81. The summed E-state index contributed by atoms with van der Waals surface area (Å²) in [6, 6.07) is 11.0. The van der Waals surface area contributed by atoms with Gasteiger partial charge in [-0.25, -0.2) is 9.97 Å². The molecule has 0 amide bonds. The minimum Gasteiger partial charge on any atom is -0.351 e. The maximum atomic E-state index is 4.57.